The molecule has 8 nitrogen and oxygen atoms in total. The fourth-order valence-corrected chi connectivity index (χ4v) is 9.39. The van der Waals surface area contributed by atoms with Gasteiger partial charge in [-0.3, -0.25) is 9.59 Å². The van der Waals surface area contributed by atoms with E-state index in [1.807, 2.05) is 26.0 Å². The van der Waals surface area contributed by atoms with Gasteiger partial charge in [-0.15, -0.1) is 0 Å². The van der Waals surface area contributed by atoms with Gasteiger partial charge in [0.2, 0.25) is 0 Å². The van der Waals surface area contributed by atoms with E-state index in [2.05, 4.69) is 69.2 Å². The van der Waals surface area contributed by atoms with Crippen LogP contribution in [0.5, 0.6) is 11.5 Å². The first kappa shape index (κ1) is 44.1. The van der Waals surface area contributed by atoms with Crippen molar-refractivity contribution in [2.24, 2.45) is 10.8 Å². The smallest absolute Gasteiger partial charge is 0.307 e. The number of sulfone groups is 1. The molecule has 2 aromatic carbocycles. The lowest BCUT2D eigenvalue weighted by Gasteiger charge is -2.34. The number of carbonyl (C=O) groups excluding carboxylic acids is 2. The number of benzene rings is 2. The SMILES string of the molecule is Cc1cc(C(C)(C)CC(C)(C)C)c(O)c(C)c1COC(=O)CC(C)S(=O)(=O)C(C)CC(=O)OCc1c(C)cc(C(C)(C)CC(C)(C)C)c(O)c1C. The number of esters is 2. The van der Waals surface area contributed by atoms with Gasteiger partial charge >= 0.3 is 11.9 Å². The Kier molecular flexibility index (Phi) is 13.7. The highest BCUT2D eigenvalue weighted by Crippen LogP contribution is 2.44. The predicted octanol–water partition coefficient (Wildman–Crippen LogP) is 9.52. The molecule has 0 aromatic heterocycles. The maximum atomic E-state index is 13.3. The van der Waals surface area contributed by atoms with Crippen LogP contribution in [0.2, 0.25) is 0 Å². The molecule has 288 valence electrons. The van der Waals surface area contributed by atoms with Crippen molar-refractivity contribution in [3.63, 3.8) is 0 Å². The molecular weight excluding hydrogens is 665 g/mol. The first-order valence-electron chi connectivity index (χ1n) is 18.1. The van der Waals surface area contributed by atoms with Crippen LogP contribution < -0.4 is 0 Å². The number of phenols is 2. The minimum Gasteiger partial charge on any atom is -0.507 e. The van der Waals surface area contributed by atoms with E-state index in [1.165, 1.54) is 13.8 Å². The molecule has 0 aliphatic carbocycles. The average Bonchev–Trinajstić information content (AvgIpc) is 2.93. The highest BCUT2D eigenvalue weighted by atomic mass is 32.2. The third kappa shape index (κ3) is 11.5. The van der Waals surface area contributed by atoms with Crippen LogP contribution in [0.25, 0.3) is 0 Å². The van der Waals surface area contributed by atoms with Crippen molar-refractivity contribution in [3.8, 4) is 11.5 Å². The quantitative estimate of drug-likeness (QED) is 0.184. The summed E-state index contributed by atoms with van der Waals surface area (Å²) >= 11 is 0. The second-order valence-electron chi connectivity index (χ2n) is 18.6. The van der Waals surface area contributed by atoms with Crippen molar-refractivity contribution in [1.29, 1.82) is 0 Å². The van der Waals surface area contributed by atoms with Gasteiger partial charge < -0.3 is 19.7 Å². The number of rotatable bonds is 14. The molecule has 0 bridgehead atoms. The van der Waals surface area contributed by atoms with Crippen molar-refractivity contribution < 1.29 is 37.7 Å². The standard InChI is InChI=1S/C42H66O8S/c1-25-17-33(41(13,14)23-39(7,8)9)37(45)29(5)31(25)21-49-35(43)19-27(3)51(47,48)28(4)20-36(44)50-22-32-26(2)18-34(38(46)30(32)6)42(15,16)24-40(10,11)12/h17-18,27-28,45-46H,19-24H2,1-16H3. The molecule has 0 saturated heterocycles. The minimum atomic E-state index is -3.90. The van der Waals surface area contributed by atoms with E-state index in [9.17, 15) is 28.2 Å². The Bertz CT molecular complexity index is 1580. The number of phenolic OH excluding ortho intramolecular Hbond substituents is 2. The van der Waals surface area contributed by atoms with Crippen LogP contribution >= 0.6 is 0 Å². The highest BCUT2D eigenvalue weighted by molar-refractivity contribution is 7.92. The summed E-state index contributed by atoms with van der Waals surface area (Å²) in [6, 6.07) is 3.89. The maximum absolute atomic E-state index is 13.3. The molecule has 0 fully saturated rings. The lowest BCUT2D eigenvalue weighted by Crippen LogP contribution is -2.32. The number of hydrogen-bond donors (Lipinski definition) is 2. The summed E-state index contributed by atoms with van der Waals surface area (Å²) in [7, 11) is -3.90. The maximum Gasteiger partial charge on any atom is 0.307 e. The number of hydrogen-bond acceptors (Lipinski definition) is 8. The molecule has 51 heavy (non-hydrogen) atoms. The zero-order valence-corrected chi connectivity index (χ0v) is 35.1. The van der Waals surface area contributed by atoms with Gasteiger partial charge in [-0.25, -0.2) is 8.42 Å². The third-order valence-electron chi connectivity index (χ3n) is 9.99. The summed E-state index contributed by atoms with van der Waals surface area (Å²) in [5, 5.41) is 20.1. The largest absolute Gasteiger partial charge is 0.507 e. The summed E-state index contributed by atoms with van der Waals surface area (Å²) in [6.45, 7) is 31.5. The van der Waals surface area contributed by atoms with Crippen molar-refractivity contribution in [2.45, 2.75) is 171 Å². The Balaban J connectivity index is 2.06. The first-order valence-corrected chi connectivity index (χ1v) is 19.7. The third-order valence-corrected chi connectivity index (χ3v) is 12.6. The monoisotopic (exact) mass is 730 g/mol. The van der Waals surface area contributed by atoms with Crippen molar-refractivity contribution in [3.05, 3.63) is 56.6 Å². The minimum absolute atomic E-state index is 0.0559. The Labute approximate surface area is 308 Å². The average molecular weight is 731 g/mol. The van der Waals surface area contributed by atoms with Crippen LogP contribution in [0.3, 0.4) is 0 Å². The van der Waals surface area contributed by atoms with Crippen LogP contribution in [0.1, 0.15) is 153 Å². The summed E-state index contributed by atoms with van der Waals surface area (Å²) < 4.78 is 37.7. The second-order valence-corrected chi connectivity index (χ2v) is 21.4. The molecule has 0 spiro atoms. The van der Waals surface area contributed by atoms with Crippen LogP contribution in [-0.4, -0.2) is 41.1 Å². The number of aromatic hydroxyl groups is 2. The second kappa shape index (κ2) is 15.9. The Morgan fingerprint density at radius 2 is 0.922 bits per heavy atom. The van der Waals surface area contributed by atoms with E-state index in [1.54, 1.807) is 13.8 Å². The van der Waals surface area contributed by atoms with E-state index in [0.29, 0.717) is 22.3 Å². The van der Waals surface area contributed by atoms with Crippen molar-refractivity contribution >= 4 is 21.8 Å². The highest BCUT2D eigenvalue weighted by Gasteiger charge is 2.34. The Morgan fingerprint density at radius 1 is 0.627 bits per heavy atom. The van der Waals surface area contributed by atoms with Gasteiger partial charge in [0.25, 0.3) is 0 Å². The van der Waals surface area contributed by atoms with E-state index in [0.717, 1.165) is 35.1 Å². The number of aryl methyl sites for hydroxylation is 2. The van der Waals surface area contributed by atoms with Crippen molar-refractivity contribution in [2.75, 3.05) is 0 Å². The van der Waals surface area contributed by atoms with Gasteiger partial charge in [0, 0.05) is 11.1 Å². The van der Waals surface area contributed by atoms with Gasteiger partial charge in [-0.2, -0.15) is 0 Å². The Morgan fingerprint density at radius 3 is 1.20 bits per heavy atom. The molecule has 0 aliphatic heterocycles. The van der Waals surface area contributed by atoms with Gasteiger partial charge in [0.15, 0.2) is 9.84 Å². The molecule has 2 unspecified atom stereocenters. The van der Waals surface area contributed by atoms with Gasteiger partial charge in [0.05, 0.1) is 23.3 Å². The topological polar surface area (TPSA) is 127 Å². The molecule has 9 heteroatoms. The molecular formula is C42H66O8S. The first-order chi connectivity index (χ1) is 22.9. The lowest BCUT2D eigenvalue weighted by atomic mass is 9.71. The van der Waals surface area contributed by atoms with Gasteiger partial charge in [-0.05, 0) is 109 Å². The van der Waals surface area contributed by atoms with E-state index >= 15 is 0 Å². The van der Waals surface area contributed by atoms with E-state index < -0.39 is 32.3 Å². The number of carbonyl (C=O) groups is 2. The van der Waals surface area contributed by atoms with Gasteiger partial charge in [0.1, 0.15) is 24.7 Å². The fraction of sp³-hybridized carbons (Fsp3) is 0.667. The van der Waals surface area contributed by atoms with Crippen molar-refractivity contribution in [1.82, 2.24) is 0 Å². The summed E-state index contributed by atoms with van der Waals surface area (Å²) in [5.41, 5.74) is 5.62. The van der Waals surface area contributed by atoms with E-state index in [-0.39, 0.29) is 59.2 Å². The molecule has 2 aromatic rings. The lowest BCUT2D eigenvalue weighted by molar-refractivity contribution is -0.145. The molecule has 2 rings (SSSR count). The zero-order chi connectivity index (χ0) is 39.7. The number of ether oxygens (including phenoxy) is 2. The van der Waals surface area contributed by atoms with E-state index in [4.69, 9.17) is 9.47 Å². The summed E-state index contributed by atoms with van der Waals surface area (Å²) in [4.78, 5) is 25.7. The molecule has 0 radical (unpaired) electrons. The van der Waals surface area contributed by atoms with Crippen LogP contribution in [0.15, 0.2) is 12.1 Å². The van der Waals surface area contributed by atoms with Gasteiger partial charge in [-0.1, -0.05) is 81.4 Å². The molecule has 0 saturated carbocycles. The predicted molar refractivity (Wildman–Crippen MR) is 206 cm³/mol. The van der Waals surface area contributed by atoms with Crippen LogP contribution in [0.4, 0.5) is 0 Å². The molecule has 0 heterocycles. The zero-order valence-electron chi connectivity index (χ0n) is 34.3. The molecule has 0 aliphatic rings. The normalized spacial score (nSPS) is 14.3. The molecule has 2 N–H and O–H groups in total. The molecule has 2 atom stereocenters. The van der Waals surface area contributed by atoms with Crippen LogP contribution in [0, 0.1) is 38.5 Å². The fourth-order valence-electron chi connectivity index (χ4n) is 7.86. The molecule has 0 amide bonds. The Hall–Kier alpha value is -3.07. The summed E-state index contributed by atoms with van der Waals surface area (Å²) in [6.07, 6.45) is 0.964. The van der Waals surface area contributed by atoms with Crippen LogP contribution in [-0.2, 0) is 52.9 Å². The summed E-state index contributed by atoms with van der Waals surface area (Å²) in [5.74, 6) is -1.01.